The lowest BCUT2D eigenvalue weighted by Gasteiger charge is -2.25. The number of benzene rings is 1. The highest BCUT2D eigenvalue weighted by Crippen LogP contribution is 2.29. The summed E-state index contributed by atoms with van der Waals surface area (Å²) in [6.45, 7) is 4.21. The Morgan fingerprint density at radius 2 is 1.94 bits per heavy atom. The molecule has 4 heteroatoms. The number of aliphatic hydroxyl groups excluding tert-OH is 2. The lowest BCUT2D eigenvalue weighted by molar-refractivity contribution is 0.101. The van der Waals surface area contributed by atoms with Crippen molar-refractivity contribution in [2.24, 2.45) is 0 Å². The number of rotatable bonds is 5. The lowest BCUT2D eigenvalue weighted by Crippen LogP contribution is -2.31. The standard InChI is InChI=1S/C13H21NO3/c1-9-10(2)13(17-4)6-5-12(9)14(3)7-11(16)8-15/h5-6,11,15-16H,7-8H2,1-4H3. The van der Waals surface area contributed by atoms with Gasteiger partial charge in [-0.1, -0.05) is 0 Å². The average Bonchev–Trinajstić information content (AvgIpc) is 2.32. The van der Waals surface area contributed by atoms with E-state index in [2.05, 4.69) is 0 Å². The Balaban J connectivity index is 2.95. The summed E-state index contributed by atoms with van der Waals surface area (Å²) < 4.78 is 5.25. The third kappa shape index (κ3) is 3.11. The van der Waals surface area contributed by atoms with Crippen LogP contribution in [0.4, 0.5) is 5.69 Å². The zero-order valence-corrected chi connectivity index (χ0v) is 10.9. The smallest absolute Gasteiger partial charge is 0.122 e. The second-order valence-electron chi connectivity index (χ2n) is 4.25. The van der Waals surface area contributed by atoms with Crippen LogP contribution < -0.4 is 9.64 Å². The fourth-order valence-corrected chi connectivity index (χ4v) is 1.89. The maximum absolute atomic E-state index is 9.43. The first-order chi connectivity index (χ1) is 8.01. The average molecular weight is 239 g/mol. The van der Waals surface area contributed by atoms with Gasteiger partial charge >= 0.3 is 0 Å². The maximum Gasteiger partial charge on any atom is 0.122 e. The van der Waals surface area contributed by atoms with E-state index in [9.17, 15) is 5.11 Å². The van der Waals surface area contributed by atoms with E-state index in [0.717, 1.165) is 22.6 Å². The van der Waals surface area contributed by atoms with Gasteiger partial charge in [0.05, 0.1) is 19.8 Å². The SMILES string of the molecule is COc1ccc(N(C)CC(O)CO)c(C)c1C. The minimum Gasteiger partial charge on any atom is -0.496 e. The summed E-state index contributed by atoms with van der Waals surface area (Å²) in [5.74, 6) is 0.863. The Labute approximate surface area is 102 Å². The molecular weight excluding hydrogens is 218 g/mol. The fraction of sp³-hybridized carbons (Fsp3) is 0.538. The van der Waals surface area contributed by atoms with E-state index in [1.54, 1.807) is 7.11 Å². The van der Waals surface area contributed by atoms with Gasteiger partial charge in [0.15, 0.2) is 0 Å². The second-order valence-corrected chi connectivity index (χ2v) is 4.25. The number of anilines is 1. The number of hydrogen-bond acceptors (Lipinski definition) is 4. The van der Waals surface area contributed by atoms with Crippen LogP contribution in [-0.2, 0) is 0 Å². The van der Waals surface area contributed by atoms with Gasteiger partial charge in [0, 0.05) is 19.3 Å². The zero-order valence-electron chi connectivity index (χ0n) is 10.9. The number of aliphatic hydroxyl groups is 2. The molecule has 1 rings (SSSR count). The summed E-state index contributed by atoms with van der Waals surface area (Å²) in [6, 6.07) is 3.88. The van der Waals surface area contributed by atoms with Crippen molar-refractivity contribution in [3.8, 4) is 5.75 Å². The first-order valence-electron chi connectivity index (χ1n) is 5.65. The van der Waals surface area contributed by atoms with E-state index in [1.807, 2.05) is 37.9 Å². The molecule has 0 fully saturated rings. The highest BCUT2D eigenvalue weighted by molar-refractivity contribution is 5.59. The van der Waals surface area contributed by atoms with Crippen molar-refractivity contribution in [3.63, 3.8) is 0 Å². The molecule has 0 spiro atoms. The molecule has 0 aliphatic carbocycles. The molecule has 0 saturated heterocycles. The molecule has 0 aromatic heterocycles. The van der Waals surface area contributed by atoms with Gasteiger partial charge < -0.3 is 19.8 Å². The Morgan fingerprint density at radius 3 is 2.47 bits per heavy atom. The molecule has 0 radical (unpaired) electrons. The molecule has 0 heterocycles. The molecule has 2 N–H and O–H groups in total. The Kier molecular flexibility index (Phi) is 4.78. The van der Waals surface area contributed by atoms with E-state index in [-0.39, 0.29) is 6.61 Å². The topological polar surface area (TPSA) is 52.9 Å². The summed E-state index contributed by atoms with van der Waals surface area (Å²) in [5.41, 5.74) is 3.25. The molecule has 1 atom stereocenters. The molecule has 1 unspecified atom stereocenters. The molecule has 17 heavy (non-hydrogen) atoms. The molecule has 4 nitrogen and oxygen atoms in total. The highest BCUT2D eigenvalue weighted by atomic mass is 16.5. The van der Waals surface area contributed by atoms with Crippen LogP contribution in [0.3, 0.4) is 0 Å². The van der Waals surface area contributed by atoms with E-state index in [0.29, 0.717) is 6.54 Å². The van der Waals surface area contributed by atoms with Gasteiger partial charge in [-0.25, -0.2) is 0 Å². The van der Waals surface area contributed by atoms with Crippen molar-refractivity contribution >= 4 is 5.69 Å². The number of nitrogens with zero attached hydrogens (tertiary/aromatic N) is 1. The van der Waals surface area contributed by atoms with Gasteiger partial charge in [0.2, 0.25) is 0 Å². The molecular formula is C13H21NO3. The number of methoxy groups -OCH3 is 1. The summed E-state index contributed by atoms with van der Waals surface area (Å²) in [7, 11) is 3.55. The Morgan fingerprint density at radius 1 is 1.29 bits per heavy atom. The van der Waals surface area contributed by atoms with Crippen molar-refractivity contribution in [2.75, 3.05) is 32.2 Å². The van der Waals surface area contributed by atoms with Gasteiger partial charge in [-0.15, -0.1) is 0 Å². The molecule has 0 bridgehead atoms. The lowest BCUT2D eigenvalue weighted by atomic mass is 10.1. The Hall–Kier alpha value is -1.26. The minimum absolute atomic E-state index is 0.224. The van der Waals surface area contributed by atoms with E-state index in [1.165, 1.54) is 0 Å². The third-order valence-electron chi connectivity index (χ3n) is 3.04. The molecule has 96 valence electrons. The first-order valence-corrected chi connectivity index (χ1v) is 5.65. The predicted molar refractivity (Wildman–Crippen MR) is 68.8 cm³/mol. The van der Waals surface area contributed by atoms with Gasteiger partial charge in [0.1, 0.15) is 5.75 Å². The third-order valence-corrected chi connectivity index (χ3v) is 3.04. The number of hydrogen-bond donors (Lipinski definition) is 2. The maximum atomic E-state index is 9.43. The van der Waals surface area contributed by atoms with Crippen LogP contribution in [0.25, 0.3) is 0 Å². The van der Waals surface area contributed by atoms with Crippen molar-refractivity contribution < 1.29 is 14.9 Å². The summed E-state index contributed by atoms with van der Waals surface area (Å²) in [4.78, 5) is 1.93. The molecule has 1 aromatic rings. The van der Waals surface area contributed by atoms with Crippen molar-refractivity contribution in [1.29, 1.82) is 0 Å². The number of ether oxygens (including phenoxy) is 1. The molecule has 0 saturated carbocycles. The van der Waals surface area contributed by atoms with Gasteiger partial charge in [-0.2, -0.15) is 0 Å². The fourth-order valence-electron chi connectivity index (χ4n) is 1.89. The van der Waals surface area contributed by atoms with Crippen molar-refractivity contribution in [1.82, 2.24) is 0 Å². The molecule has 1 aromatic carbocycles. The normalized spacial score (nSPS) is 12.4. The van der Waals surface area contributed by atoms with Crippen LogP contribution in [0.5, 0.6) is 5.75 Å². The van der Waals surface area contributed by atoms with E-state index in [4.69, 9.17) is 9.84 Å². The monoisotopic (exact) mass is 239 g/mol. The van der Waals surface area contributed by atoms with E-state index >= 15 is 0 Å². The summed E-state index contributed by atoms with van der Waals surface area (Å²) in [6.07, 6.45) is -0.721. The predicted octanol–water partition coefficient (Wildman–Crippen LogP) is 1.10. The summed E-state index contributed by atoms with van der Waals surface area (Å²) >= 11 is 0. The van der Waals surface area contributed by atoms with Gasteiger partial charge in [-0.05, 0) is 37.1 Å². The molecule has 0 amide bonds. The quantitative estimate of drug-likeness (QED) is 0.808. The van der Waals surface area contributed by atoms with E-state index < -0.39 is 6.10 Å². The van der Waals surface area contributed by atoms with Crippen LogP contribution in [-0.4, -0.2) is 43.6 Å². The van der Waals surface area contributed by atoms with Crippen LogP contribution in [0.2, 0.25) is 0 Å². The zero-order chi connectivity index (χ0) is 13.0. The largest absolute Gasteiger partial charge is 0.496 e. The second kappa shape index (κ2) is 5.89. The van der Waals surface area contributed by atoms with Crippen LogP contribution >= 0.6 is 0 Å². The summed E-state index contributed by atoms with van der Waals surface area (Å²) in [5, 5.41) is 18.3. The van der Waals surface area contributed by atoms with Crippen LogP contribution in [0.1, 0.15) is 11.1 Å². The van der Waals surface area contributed by atoms with Crippen LogP contribution in [0.15, 0.2) is 12.1 Å². The Bertz CT molecular complexity index is 379. The van der Waals surface area contributed by atoms with Crippen molar-refractivity contribution in [3.05, 3.63) is 23.3 Å². The van der Waals surface area contributed by atoms with Gasteiger partial charge in [-0.3, -0.25) is 0 Å². The highest BCUT2D eigenvalue weighted by Gasteiger charge is 2.12. The minimum atomic E-state index is -0.721. The number of likely N-dealkylation sites (N-methyl/N-ethyl adjacent to an activating group) is 1. The molecule has 0 aliphatic heterocycles. The van der Waals surface area contributed by atoms with Gasteiger partial charge in [0.25, 0.3) is 0 Å². The van der Waals surface area contributed by atoms with Crippen molar-refractivity contribution in [2.45, 2.75) is 20.0 Å². The van der Waals surface area contributed by atoms with Crippen LogP contribution in [0, 0.1) is 13.8 Å². The molecule has 0 aliphatic rings. The first kappa shape index (κ1) is 13.8.